The number of hydrogen-bond acceptors (Lipinski definition) is 6. The molecule has 0 radical (unpaired) electrons. The minimum atomic E-state index is -2.17. The van der Waals surface area contributed by atoms with Crippen molar-refractivity contribution in [2.24, 2.45) is 5.41 Å². The standard InChI is InChI=1S/C17H23NO6/c1-16(2,3)24-18-13(19)17(4,14(20)22-5)15(21)23-11-12-9-7-6-8-10-12/h6-10H,11H2,1-5H3,(H,18,19). The summed E-state index contributed by atoms with van der Waals surface area (Å²) in [6.07, 6.45) is 0. The van der Waals surface area contributed by atoms with E-state index in [4.69, 9.17) is 9.57 Å². The Balaban J connectivity index is 2.87. The number of benzene rings is 1. The molecule has 132 valence electrons. The molecule has 1 aromatic rings. The lowest BCUT2D eigenvalue weighted by Gasteiger charge is -2.26. The van der Waals surface area contributed by atoms with Gasteiger partial charge in [0.05, 0.1) is 12.7 Å². The number of amides is 1. The minimum absolute atomic E-state index is 0.0698. The quantitative estimate of drug-likeness (QED) is 0.483. The molecule has 0 aliphatic carbocycles. The maximum atomic E-state index is 12.4. The van der Waals surface area contributed by atoms with Crippen molar-refractivity contribution in [3.63, 3.8) is 0 Å². The molecule has 0 aliphatic heterocycles. The number of carbonyl (C=O) groups excluding carboxylic acids is 3. The Kier molecular flexibility index (Phi) is 6.48. The molecule has 0 bridgehead atoms. The van der Waals surface area contributed by atoms with Crippen LogP contribution in [0.5, 0.6) is 0 Å². The predicted molar refractivity (Wildman–Crippen MR) is 85.3 cm³/mol. The van der Waals surface area contributed by atoms with E-state index in [-0.39, 0.29) is 6.61 Å². The first-order chi connectivity index (χ1) is 11.1. The number of hydrogen-bond donors (Lipinski definition) is 1. The average Bonchev–Trinajstić information content (AvgIpc) is 2.56. The van der Waals surface area contributed by atoms with E-state index >= 15 is 0 Å². The van der Waals surface area contributed by atoms with Gasteiger partial charge < -0.3 is 9.47 Å². The molecule has 0 spiro atoms. The molecular weight excluding hydrogens is 314 g/mol. The van der Waals surface area contributed by atoms with Crippen LogP contribution >= 0.6 is 0 Å². The van der Waals surface area contributed by atoms with Crippen molar-refractivity contribution in [2.45, 2.75) is 39.9 Å². The number of carbonyl (C=O) groups is 3. The molecule has 1 aromatic carbocycles. The lowest BCUT2D eigenvalue weighted by molar-refractivity contribution is -0.181. The van der Waals surface area contributed by atoms with E-state index in [0.717, 1.165) is 19.6 Å². The molecule has 0 saturated heterocycles. The largest absolute Gasteiger partial charge is 0.468 e. The van der Waals surface area contributed by atoms with Crippen molar-refractivity contribution in [3.8, 4) is 0 Å². The van der Waals surface area contributed by atoms with Crippen molar-refractivity contribution in [2.75, 3.05) is 7.11 Å². The van der Waals surface area contributed by atoms with Gasteiger partial charge in [0.25, 0.3) is 5.91 Å². The molecule has 24 heavy (non-hydrogen) atoms. The van der Waals surface area contributed by atoms with Crippen LogP contribution < -0.4 is 5.48 Å². The molecule has 1 rings (SSSR count). The molecule has 0 fully saturated rings. The third-order valence-electron chi connectivity index (χ3n) is 3.12. The molecular formula is C17H23NO6. The van der Waals surface area contributed by atoms with E-state index < -0.39 is 28.9 Å². The zero-order valence-electron chi connectivity index (χ0n) is 14.5. The van der Waals surface area contributed by atoms with Crippen LogP contribution in [0, 0.1) is 5.41 Å². The first-order valence-electron chi connectivity index (χ1n) is 7.39. The van der Waals surface area contributed by atoms with Gasteiger partial charge >= 0.3 is 11.9 Å². The van der Waals surface area contributed by atoms with Gasteiger partial charge in [-0.05, 0) is 33.3 Å². The van der Waals surface area contributed by atoms with Crippen molar-refractivity contribution in [1.82, 2.24) is 5.48 Å². The molecule has 0 heterocycles. The number of methoxy groups -OCH3 is 1. The summed E-state index contributed by atoms with van der Waals surface area (Å²) in [4.78, 5) is 41.8. The molecule has 7 heteroatoms. The maximum absolute atomic E-state index is 12.4. The highest BCUT2D eigenvalue weighted by Gasteiger charge is 2.52. The second-order valence-corrected chi connectivity index (χ2v) is 6.32. The van der Waals surface area contributed by atoms with E-state index in [1.807, 2.05) is 6.07 Å². The fraction of sp³-hybridized carbons (Fsp3) is 0.471. The summed E-state index contributed by atoms with van der Waals surface area (Å²) < 4.78 is 9.70. The average molecular weight is 337 g/mol. The molecule has 0 aromatic heterocycles. The van der Waals surface area contributed by atoms with Gasteiger partial charge in [-0.15, -0.1) is 0 Å². The number of hydroxylamine groups is 1. The van der Waals surface area contributed by atoms with Gasteiger partial charge in [0.15, 0.2) is 0 Å². The Hall–Kier alpha value is -2.41. The topological polar surface area (TPSA) is 90.9 Å². The Morgan fingerprint density at radius 2 is 1.58 bits per heavy atom. The summed E-state index contributed by atoms with van der Waals surface area (Å²) in [5.41, 5.74) is -0.0224. The van der Waals surface area contributed by atoms with Crippen LogP contribution in [0.4, 0.5) is 0 Å². The van der Waals surface area contributed by atoms with Crippen LogP contribution in [0.15, 0.2) is 30.3 Å². The highest BCUT2D eigenvalue weighted by atomic mass is 16.7. The van der Waals surface area contributed by atoms with E-state index in [2.05, 4.69) is 10.2 Å². The molecule has 1 N–H and O–H groups in total. The van der Waals surface area contributed by atoms with Crippen LogP contribution in [0.3, 0.4) is 0 Å². The highest BCUT2D eigenvalue weighted by Crippen LogP contribution is 2.22. The van der Waals surface area contributed by atoms with E-state index in [0.29, 0.717) is 0 Å². The van der Waals surface area contributed by atoms with Crippen molar-refractivity contribution in [3.05, 3.63) is 35.9 Å². The number of esters is 2. The highest BCUT2D eigenvalue weighted by molar-refractivity contribution is 6.18. The lowest BCUT2D eigenvalue weighted by Crippen LogP contribution is -2.52. The third-order valence-corrected chi connectivity index (χ3v) is 3.12. The first kappa shape index (κ1) is 19.6. The molecule has 1 atom stereocenters. The second-order valence-electron chi connectivity index (χ2n) is 6.32. The van der Waals surface area contributed by atoms with Gasteiger partial charge in [0, 0.05) is 0 Å². The van der Waals surface area contributed by atoms with Crippen molar-refractivity contribution >= 4 is 17.8 Å². The number of rotatable bonds is 6. The fourth-order valence-corrected chi connectivity index (χ4v) is 1.64. The Morgan fingerprint density at radius 3 is 2.08 bits per heavy atom. The Bertz CT molecular complexity index is 593. The maximum Gasteiger partial charge on any atom is 0.333 e. The van der Waals surface area contributed by atoms with Gasteiger partial charge in [-0.25, -0.2) is 5.48 Å². The number of ether oxygens (including phenoxy) is 2. The van der Waals surface area contributed by atoms with Gasteiger partial charge in [-0.1, -0.05) is 30.3 Å². The van der Waals surface area contributed by atoms with Crippen LogP contribution in [-0.4, -0.2) is 30.6 Å². The van der Waals surface area contributed by atoms with Crippen LogP contribution in [0.2, 0.25) is 0 Å². The van der Waals surface area contributed by atoms with Gasteiger partial charge in [0.2, 0.25) is 5.41 Å². The van der Waals surface area contributed by atoms with E-state index in [1.165, 1.54) is 0 Å². The summed E-state index contributed by atoms with van der Waals surface area (Å²) in [5, 5.41) is 0. The predicted octanol–water partition coefficient (Wildman–Crippen LogP) is 1.76. The smallest absolute Gasteiger partial charge is 0.333 e. The summed E-state index contributed by atoms with van der Waals surface area (Å²) in [7, 11) is 1.09. The van der Waals surface area contributed by atoms with Gasteiger partial charge in [-0.3, -0.25) is 19.2 Å². The zero-order chi connectivity index (χ0) is 18.4. The van der Waals surface area contributed by atoms with Gasteiger partial charge in [0.1, 0.15) is 6.61 Å². The summed E-state index contributed by atoms with van der Waals surface area (Å²) in [6.45, 7) is 6.18. The SMILES string of the molecule is COC(=O)C(C)(C(=O)NOC(C)(C)C)C(=O)OCc1ccccc1. The summed E-state index contributed by atoms with van der Waals surface area (Å²) in [5.74, 6) is -3.01. The van der Waals surface area contributed by atoms with E-state index in [9.17, 15) is 14.4 Å². The van der Waals surface area contributed by atoms with Crippen LogP contribution in [0.25, 0.3) is 0 Å². The number of nitrogens with one attached hydrogen (secondary N) is 1. The zero-order valence-corrected chi connectivity index (χ0v) is 14.5. The summed E-state index contributed by atoms with van der Waals surface area (Å²) in [6, 6.07) is 8.90. The third kappa shape index (κ3) is 5.06. The van der Waals surface area contributed by atoms with Crippen molar-refractivity contribution in [1.29, 1.82) is 0 Å². The van der Waals surface area contributed by atoms with Crippen molar-refractivity contribution < 1.29 is 28.7 Å². The summed E-state index contributed by atoms with van der Waals surface area (Å²) >= 11 is 0. The first-order valence-corrected chi connectivity index (χ1v) is 7.39. The monoisotopic (exact) mass is 337 g/mol. The molecule has 1 unspecified atom stereocenters. The Morgan fingerprint density at radius 1 is 1.00 bits per heavy atom. The normalized spacial score (nSPS) is 13.5. The molecule has 7 nitrogen and oxygen atoms in total. The van der Waals surface area contributed by atoms with Crippen LogP contribution in [-0.2, 0) is 35.3 Å². The minimum Gasteiger partial charge on any atom is -0.468 e. The fourth-order valence-electron chi connectivity index (χ4n) is 1.64. The molecule has 0 saturated carbocycles. The van der Waals surface area contributed by atoms with Crippen LogP contribution in [0.1, 0.15) is 33.3 Å². The Labute approximate surface area is 141 Å². The lowest BCUT2D eigenvalue weighted by atomic mass is 9.90. The molecule has 1 amide bonds. The molecule has 0 aliphatic rings. The van der Waals surface area contributed by atoms with Gasteiger partial charge in [-0.2, -0.15) is 0 Å². The van der Waals surface area contributed by atoms with E-state index in [1.54, 1.807) is 45.0 Å². The second kappa shape index (κ2) is 7.92.